The van der Waals surface area contributed by atoms with Crippen molar-refractivity contribution >= 4 is 16.9 Å². The Morgan fingerprint density at radius 2 is 1.69 bits per heavy atom. The van der Waals surface area contributed by atoms with Crippen LogP contribution in [0, 0.1) is 0 Å². The van der Waals surface area contributed by atoms with Crippen LogP contribution >= 0.6 is 0 Å². The molecule has 0 aliphatic heterocycles. The second-order valence-electron chi connectivity index (χ2n) is 6.26. The van der Waals surface area contributed by atoms with E-state index < -0.39 is 0 Å². The highest BCUT2D eigenvalue weighted by molar-refractivity contribution is 5.97. The van der Waals surface area contributed by atoms with E-state index in [1.165, 1.54) is 5.56 Å². The van der Waals surface area contributed by atoms with Gasteiger partial charge in [0.15, 0.2) is 0 Å². The van der Waals surface area contributed by atoms with Crippen molar-refractivity contribution in [2.45, 2.75) is 12.5 Å². The Hall–Kier alpha value is -3.40. The number of carbonyl (C=O) groups is 1. The van der Waals surface area contributed by atoms with Crippen LogP contribution in [-0.4, -0.2) is 15.9 Å². The van der Waals surface area contributed by atoms with Crippen molar-refractivity contribution in [3.8, 4) is 0 Å². The van der Waals surface area contributed by atoms with Gasteiger partial charge in [-0.15, -0.1) is 0 Å². The van der Waals surface area contributed by atoms with Crippen molar-refractivity contribution in [1.29, 1.82) is 0 Å². The first-order chi connectivity index (χ1) is 12.8. The van der Waals surface area contributed by atoms with E-state index in [1.54, 1.807) is 6.33 Å². The van der Waals surface area contributed by atoms with E-state index in [9.17, 15) is 4.79 Å². The van der Waals surface area contributed by atoms with Crippen LogP contribution in [0.15, 0.2) is 85.2 Å². The van der Waals surface area contributed by atoms with Crippen molar-refractivity contribution in [1.82, 2.24) is 15.3 Å². The molecule has 0 saturated heterocycles. The lowest BCUT2D eigenvalue weighted by molar-refractivity contribution is 0.0936. The summed E-state index contributed by atoms with van der Waals surface area (Å²) in [5.41, 5.74) is 4.61. The summed E-state index contributed by atoms with van der Waals surface area (Å²) in [5.74, 6) is -0.0914. The van der Waals surface area contributed by atoms with E-state index in [4.69, 9.17) is 0 Å². The normalized spacial score (nSPS) is 12.0. The van der Waals surface area contributed by atoms with Gasteiger partial charge in [-0.25, -0.2) is 4.98 Å². The maximum Gasteiger partial charge on any atom is 0.251 e. The lowest BCUT2D eigenvalue weighted by atomic mass is 9.98. The number of hydrogen-bond donors (Lipinski definition) is 2. The molecule has 4 aromatic rings. The van der Waals surface area contributed by atoms with E-state index in [-0.39, 0.29) is 11.9 Å². The summed E-state index contributed by atoms with van der Waals surface area (Å²) in [7, 11) is 0. The highest BCUT2D eigenvalue weighted by Crippen LogP contribution is 2.20. The standard InChI is InChI=1S/C22H19N3O/c26-22(18-11-12-19-21(14-18)24-15-23-19)25-20(17-9-5-2-6-10-17)13-16-7-3-1-4-8-16/h1-12,14-15,20H,13H2,(H,23,24)(H,25,26). The van der Waals surface area contributed by atoms with Gasteiger partial charge in [-0.05, 0) is 35.7 Å². The van der Waals surface area contributed by atoms with Gasteiger partial charge < -0.3 is 10.3 Å². The number of rotatable bonds is 5. The quantitative estimate of drug-likeness (QED) is 0.569. The van der Waals surface area contributed by atoms with Crippen LogP contribution in [0.2, 0.25) is 0 Å². The second-order valence-corrected chi connectivity index (χ2v) is 6.26. The maximum atomic E-state index is 12.8. The largest absolute Gasteiger partial charge is 0.345 e. The number of imidazole rings is 1. The number of H-pyrrole nitrogens is 1. The molecule has 0 bridgehead atoms. The molecule has 26 heavy (non-hydrogen) atoms. The van der Waals surface area contributed by atoms with Gasteiger partial charge >= 0.3 is 0 Å². The van der Waals surface area contributed by atoms with Gasteiger partial charge in [-0.3, -0.25) is 4.79 Å². The van der Waals surface area contributed by atoms with Gasteiger partial charge in [0.1, 0.15) is 0 Å². The number of fused-ring (bicyclic) bond motifs is 1. The van der Waals surface area contributed by atoms with E-state index in [1.807, 2.05) is 66.7 Å². The van der Waals surface area contributed by atoms with Crippen molar-refractivity contribution in [3.63, 3.8) is 0 Å². The van der Waals surface area contributed by atoms with Gasteiger partial charge in [0.2, 0.25) is 0 Å². The van der Waals surface area contributed by atoms with Gasteiger partial charge in [0, 0.05) is 5.56 Å². The van der Waals surface area contributed by atoms with Crippen LogP contribution in [0.25, 0.3) is 11.0 Å². The fourth-order valence-electron chi connectivity index (χ4n) is 3.11. The molecule has 1 heterocycles. The third-order valence-electron chi connectivity index (χ3n) is 4.47. The Balaban J connectivity index is 1.60. The summed E-state index contributed by atoms with van der Waals surface area (Å²) in [6.07, 6.45) is 2.37. The van der Waals surface area contributed by atoms with Crippen LogP contribution in [0.1, 0.15) is 27.5 Å². The smallest absolute Gasteiger partial charge is 0.251 e. The lowest BCUT2D eigenvalue weighted by Gasteiger charge is -2.19. The minimum absolute atomic E-state index is 0.0914. The summed E-state index contributed by atoms with van der Waals surface area (Å²) >= 11 is 0. The summed E-state index contributed by atoms with van der Waals surface area (Å²) in [6, 6.07) is 25.7. The summed E-state index contributed by atoms with van der Waals surface area (Å²) in [5, 5.41) is 3.18. The van der Waals surface area contributed by atoms with E-state index >= 15 is 0 Å². The SMILES string of the molecule is O=C(NC(Cc1ccccc1)c1ccccc1)c1ccc2nc[nH]c2c1. The van der Waals surface area contributed by atoms with Crippen LogP contribution in [0.4, 0.5) is 0 Å². The monoisotopic (exact) mass is 341 g/mol. The molecular weight excluding hydrogens is 322 g/mol. The van der Waals surface area contributed by atoms with Crippen molar-refractivity contribution in [2.24, 2.45) is 0 Å². The first-order valence-electron chi connectivity index (χ1n) is 8.62. The minimum atomic E-state index is -0.0939. The predicted octanol–water partition coefficient (Wildman–Crippen LogP) is 4.28. The third kappa shape index (κ3) is 3.49. The third-order valence-corrected chi connectivity index (χ3v) is 4.47. The molecule has 0 spiro atoms. The van der Waals surface area contributed by atoms with E-state index in [0.717, 1.165) is 23.0 Å². The molecule has 0 aliphatic carbocycles. The molecule has 4 heteroatoms. The fraction of sp³-hybridized carbons (Fsp3) is 0.0909. The molecule has 0 radical (unpaired) electrons. The Morgan fingerprint density at radius 3 is 2.46 bits per heavy atom. The topological polar surface area (TPSA) is 57.8 Å². The Kier molecular flexibility index (Phi) is 4.48. The van der Waals surface area contributed by atoms with Crippen LogP contribution < -0.4 is 5.32 Å². The highest BCUT2D eigenvalue weighted by Gasteiger charge is 2.17. The zero-order chi connectivity index (χ0) is 17.8. The number of aromatic amines is 1. The summed E-state index contributed by atoms with van der Waals surface area (Å²) in [4.78, 5) is 20.1. The second kappa shape index (κ2) is 7.23. The Labute approximate surface area is 151 Å². The molecule has 4 rings (SSSR count). The first-order valence-corrected chi connectivity index (χ1v) is 8.62. The molecule has 0 saturated carbocycles. The first kappa shape index (κ1) is 16.1. The molecule has 128 valence electrons. The molecule has 3 aromatic carbocycles. The molecular formula is C22H19N3O. The van der Waals surface area contributed by atoms with Crippen LogP contribution in [-0.2, 0) is 6.42 Å². The lowest BCUT2D eigenvalue weighted by Crippen LogP contribution is -2.30. The average molecular weight is 341 g/mol. The number of nitrogens with zero attached hydrogens (tertiary/aromatic N) is 1. The fourth-order valence-corrected chi connectivity index (χ4v) is 3.11. The van der Waals surface area contributed by atoms with E-state index in [2.05, 4.69) is 27.4 Å². The molecule has 2 N–H and O–H groups in total. The summed E-state index contributed by atoms with van der Waals surface area (Å²) in [6.45, 7) is 0. The molecule has 1 aromatic heterocycles. The zero-order valence-electron chi connectivity index (χ0n) is 14.2. The van der Waals surface area contributed by atoms with E-state index in [0.29, 0.717) is 5.56 Å². The van der Waals surface area contributed by atoms with Gasteiger partial charge in [-0.2, -0.15) is 0 Å². The number of benzene rings is 3. The number of aromatic nitrogens is 2. The van der Waals surface area contributed by atoms with Crippen LogP contribution in [0.5, 0.6) is 0 Å². The van der Waals surface area contributed by atoms with Gasteiger partial charge in [0.25, 0.3) is 5.91 Å². The Bertz CT molecular complexity index is 1010. The van der Waals surface area contributed by atoms with Crippen molar-refractivity contribution < 1.29 is 4.79 Å². The van der Waals surface area contributed by atoms with Crippen molar-refractivity contribution in [2.75, 3.05) is 0 Å². The number of hydrogen-bond acceptors (Lipinski definition) is 2. The number of amides is 1. The molecule has 1 unspecified atom stereocenters. The maximum absolute atomic E-state index is 12.8. The predicted molar refractivity (Wildman–Crippen MR) is 103 cm³/mol. The number of nitrogens with one attached hydrogen (secondary N) is 2. The molecule has 0 aliphatic rings. The molecule has 0 fully saturated rings. The molecule has 4 nitrogen and oxygen atoms in total. The Morgan fingerprint density at radius 1 is 0.962 bits per heavy atom. The van der Waals surface area contributed by atoms with Crippen molar-refractivity contribution in [3.05, 3.63) is 102 Å². The molecule has 1 atom stereocenters. The average Bonchev–Trinajstić information content (AvgIpc) is 3.17. The van der Waals surface area contributed by atoms with Gasteiger partial charge in [0.05, 0.1) is 23.4 Å². The zero-order valence-corrected chi connectivity index (χ0v) is 14.2. The molecule has 1 amide bonds. The minimum Gasteiger partial charge on any atom is -0.345 e. The van der Waals surface area contributed by atoms with Crippen LogP contribution in [0.3, 0.4) is 0 Å². The summed E-state index contributed by atoms with van der Waals surface area (Å²) < 4.78 is 0. The van der Waals surface area contributed by atoms with Gasteiger partial charge in [-0.1, -0.05) is 60.7 Å². The number of carbonyl (C=O) groups excluding carboxylic acids is 1. The highest BCUT2D eigenvalue weighted by atomic mass is 16.1.